The van der Waals surface area contributed by atoms with Crippen LogP contribution in [0.2, 0.25) is 0 Å². The Bertz CT molecular complexity index is 752. The maximum atomic E-state index is 13.2. The number of ketones is 1. The van der Waals surface area contributed by atoms with Crippen LogP contribution in [0.15, 0.2) is 24.3 Å². The highest BCUT2D eigenvalue weighted by molar-refractivity contribution is 5.85. The van der Waals surface area contributed by atoms with E-state index in [0.717, 1.165) is 58.0 Å². The Balaban J connectivity index is 1.66. The molecule has 0 amide bonds. The average molecular weight is 549 g/mol. The van der Waals surface area contributed by atoms with Crippen LogP contribution in [0.1, 0.15) is 116 Å². The second-order valence-electron chi connectivity index (χ2n) is 11.4. The standard InChI is InChI=1S/C32H52O7/c1-2-3-4-5-8-15-25(38-31-18-11-13-22-36-31)20-21-27-26(16-9-6-7-10-17-30(34)35)28(33)24-29(27)39-32-19-12-14-23-37-32/h6,9,20-21,25-27,29,31-32H,2-5,7-8,10-19,22-24H2,1H3,(H,34,35)/b9-6-,21-20+/t25-,26+,27+,29+,31?,32?/m0/s1. The summed E-state index contributed by atoms with van der Waals surface area (Å²) in [5.74, 6) is -0.731. The molecule has 3 rings (SSSR count). The van der Waals surface area contributed by atoms with Crippen LogP contribution in [0.25, 0.3) is 0 Å². The smallest absolute Gasteiger partial charge is 0.303 e. The van der Waals surface area contributed by atoms with Crippen molar-refractivity contribution in [2.75, 3.05) is 13.2 Å². The Hall–Kier alpha value is -1.54. The second kappa shape index (κ2) is 18.7. The predicted octanol–water partition coefficient (Wildman–Crippen LogP) is 7.13. The molecule has 0 aromatic rings. The molecule has 2 saturated heterocycles. The van der Waals surface area contributed by atoms with Gasteiger partial charge in [0.1, 0.15) is 5.78 Å². The minimum absolute atomic E-state index is 0.0369. The number of carboxylic acid groups (broad SMARTS) is 1. The first kappa shape index (κ1) is 32.0. The first-order valence-electron chi connectivity index (χ1n) is 15.7. The number of unbranched alkanes of at least 4 members (excludes halogenated alkanes) is 5. The topological polar surface area (TPSA) is 91.3 Å². The normalized spacial score (nSPS) is 28.9. The van der Waals surface area contributed by atoms with Crippen molar-refractivity contribution in [1.29, 1.82) is 0 Å². The molecule has 1 N–H and O–H groups in total. The van der Waals surface area contributed by atoms with Crippen LogP contribution in [-0.2, 0) is 28.5 Å². The van der Waals surface area contributed by atoms with Gasteiger partial charge in [0.15, 0.2) is 12.6 Å². The molecule has 39 heavy (non-hydrogen) atoms. The number of rotatable bonds is 18. The van der Waals surface area contributed by atoms with Crippen molar-refractivity contribution in [2.24, 2.45) is 11.8 Å². The van der Waals surface area contributed by atoms with Gasteiger partial charge in [0.05, 0.1) is 12.2 Å². The summed E-state index contributed by atoms with van der Waals surface area (Å²) >= 11 is 0. The van der Waals surface area contributed by atoms with Crippen molar-refractivity contribution >= 4 is 11.8 Å². The largest absolute Gasteiger partial charge is 0.481 e. The van der Waals surface area contributed by atoms with Crippen molar-refractivity contribution in [3.8, 4) is 0 Å². The Morgan fingerprint density at radius 1 is 1.00 bits per heavy atom. The van der Waals surface area contributed by atoms with Gasteiger partial charge in [0, 0.05) is 37.9 Å². The molecule has 7 nitrogen and oxygen atoms in total. The van der Waals surface area contributed by atoms with E-state index in [-0.39, 0.29) is 48.8 Å². The van der Waals surface area contributed by atoms with E-state index in [9.17, 15) is 9.59 Å². The fraction of sp³-hybridized carbons (Fsp3) is 0.812. The van der Waals surface area contributed by atoms with Crippen LogP contribution < -0.4 is 0 Å². The van der Waals surface area contributed by atoms with E-state index >= 15 is 0 Å². The van der Waals surface area contributed by atoms with Gasteiger partial charge in [-0.2, -0.15) is 0 Å². The molecule has 7 heteroatoms. The fourth-order valence-electron chi connectivity index (χ4n) is 5.81. The number of ether oxygens (including phenoxy) is 4. The highest BCUT2D eigenvalue weighted by Crippen LogP contribution is 2.37. The third kappa shape index (κ3) is 12.2. The number of carbonyl (C=O) groups excluding carboxylic acids is 1. The van der Waals surface area contributed by atoms with Crippen molar-refractivity contribution in [3.63, 3.8) is 0 Å². The van der Waals surface area contributed by atoms with Crippen LogP contribution in [0.4, 0.5) is 0 Å². The molecule has 2 aliphatic heterocycles. The zero-order valence-corrected chi connectivity index (χ0v) is 24.1. The Morgan fingerprint density at radius 3 is 2.44 bits per heavy atom. The van der Waals surface area contributed by atoms with Gasteiger partial charge in [0.25, 0.3) is 0 Å². The molecular weight excluding hydrogens is 496 g/mol. The van der Waals surface area contributed by atoms with Crippen molar-refractivity contribution in [3.05, 3.63) is 24.3 Å². The maximum Gasteiger partial charge on any atom is 0.303 e. The van der Waals surface area contributed by atoms with Crippen LogP contribution >= 0.6 is 0 Å². The van der Waals surface area contributed by atoms with Crippen LogP contribution in [0.5, 0.6) is 0 Å². The van der Waals surface area contributed by atoms with Crippen LogP contribution in [-0.4, -0.2) is 54.9 Å². The summed E-state index contributed by atoms with van der Waals surface area (Å²) in [6.45, 7) is 3.70. The predicted molar refractivity (Wildman–Crippen MR) is 151 cm³/mol. The molecule has 2 unspecified atom stereocenters. The van der Waals surface area contributed by atoms with Gasteiger partial charge >= 0.3 is 5.97 Å². The number of carbonyl (C=O) groups is 2. The maximum absolute atomic E-state index is 13.2. The summed E-state index contributed by atoms with van der Waals surface area (Å²) in [4.78, 5) is 23.9. The van der Waals surface area contributed by atoms with Crippen molar-refractivity contribution < 1.29 is 33.6 Å². The quantitative estimate of drug-likeness (QED) is 0.144. The molecule has 0 radical (unpaired) electrons. The van der Waals surface area contributed by atoms with Gasteiger partial charge < -0.3 is 24.1 Å². The summed E-state index contributed by atoms with van der Waals surface area (Å²) in [6.07, 6.45) is 23.5. The van der Waals surface area contributed by atoms with Crippen LogP contribution in [0, 0.1) is 11.8 Å². The van der Waals surface area contributed by atoms with E-state index in [1.165, 1.54) is 25.7 Å². The summed E-state index contributed by atoms with van der Waals surface area (Å²) < 4.78 is 24.6. The summed E-state index contributed by atoms with van der Waals surface area (Å²) in [5, 5.41) is 8.86. The lowest BCUT2D eigenvalue weighted by molar-refractivity contribution is -0.192. The zero-order chi connectivity index (χ0) is 27.7. The molecule has 222 valence electrons. The molecule has 6 atom stereocenters. The number of hydrogen-bond acceptors (Lipinski definition) is 6. The molecule has 1 saturated carbocycles. The monoisotopic (exact) mass is 548 g/mol. The Morgan fingerprint density at radius 2 is 1.74 bits per heavy atom. The number of aliphatic carboxylic acids is 1. The van der Waals surface area contributed by atoms with Crippen molar-refractivity contribution in [2.45, 2.75) is 141 Å². The minimum Gasteiger partial charge on any atom is -0.481 e. The minimum atomic E-state index is -0.773. The van der Waals surface area contributed by atoms with E-state index in [0.29, 0.717) is 32.3 Å². The third-order valence-corrected chi connectivity index (χ3v) is 8.10. The third-order valence-electron chi connectivity index (χ3n) is 8.10. The highest BCUT2D eigenvalue weighted by Gasteiger charge is 2.42. The van der Waals surface area contributed by atoms with Gasteiger partial charge in [-0.15, -0.1) is 0 Å². The molecule has 1 aliphatic carbocycles. The van der Waals surface area contributed by atoms with E-state index in [2.05, 4.69) is 19.1 Å². The van der Waals surface area contributed by atoms with E-state index < -0.39 is 5.97 Å². The van der Waals surface area contributed by atoms with E-state index in [4.69, 9.17) is 24.1 Å². The SMILES string of the molecule is CCCCCCC[C@@H](/C=C/[C@H]1[C@H](OC2CCCCO2)CC(=O)[C@@H]1C/C=C\CCCC(=O)O)OC1CCCCO1. The van der Waals surface area contributed by atoms with Crippen LogP contribution in [0.3, 0.4) is 0 Å². The van der Waals surface area contributed by atoms with E-state index in [1.54, 1.807) is 0 Å². The fourth-order valence-corrected chi connectivity index (χ4v) is 5.81. The first-order chi connectivity index (χ1) is 19.1. The highest BCUT2D eigenvalue weighted by atomic mass is 16.7. The number of Topliss-reactive ketones (excluding diaryl/α,β-unsaturated/α-hetero) is 1. The van der Waals surface area contributed by atoms with Gasteiger partial charge in [-0.25, -0.2) is 0 Å². The second-order valence-corrected chi connectivity index (χ2v) is 11.4. The average Bonchev–Trinajstić information content (AvgIpc) is 3.23. The zero-order valence-electron chi connectivity index (χ0n) is 24.1. The van der Waals surface area contributed by atoms with Crippen molar-refractivity contribution in [1.82, 2.24) is 0 Å². The van der Waals surface area contributed by atoms with Gasteiger partial charge in [-0.05, 0) is 64.2 Å². The summed E-state index contributed by atoms with van der Waals surface area (Å²) in [5.41, 5.74) is 0. The molecule has 0 aromatic carbocycles. The van der Waals surface area contributed by atoms with Gasteiger partial charge in [0.2, 0.25) is 0 Å². The molecular formula is C32H52O7. The Kier molecular flexibility index (Phi) is 15.4. The molecule has 2 heterocycles. The van der Waals surface area contributed by atoms with Gasteiger partial charge in [-0.1, -0.05) is 63.3 Å². The molecule has 3 fully saturated rings. The molecule has 0 spiro atoms. The number of carboxylic acids is 1. The molecule has 0 aromatic heterocycles. The lowest BCUT2D eigenvalue weighted by atomic mass is 9.90. The summed E-state index contributed by atoms with van der Waals surface area (Å²) in [6, 6.07) is 0. The number of allylic oxidation sites excluding steroid dienone is 2. The molecule has 3 aliphatic rings. The number of hydrogen-bond donors (Lipinski definition) is 1. The molecule has 0 bridgehead atoms. The van der Waals surface area contributed by atoms with E-state index in [1.807, 2.05) is 12.2 Å². The Labute approximate surface area is 235 Å². The lowest BCUT2D eigenvalue weighted by Gasteiger charge is -2.29. The summed E-state index contributed by atoms with van der Waals surface area (Å²) in [7, 11) is 0. The lowest BCUT2D eigenvalue weighted by Crippen LogP contribution is -2.31. The van der Waals surface area contributed by atoms with Gasteiger partial charge in [-0.3, -0.25) is 9.59 Å². The first-order valence-corrected chi connectivity index (χ1v) is 15.7.